The molecule has 0 aliphatic carbocycles. The smallest absolute Gasteiger partial charge is 0.0912 e. The van der Waals surface area contributed by atoms with Crippen LogP contribution >= 0.6 is 0 Å². The van der Waals surface area contributed by atoms with E-state index in [9.17, 15) is 4.39 Å². The summed E-state index contributed by atoms with van der Waals surface area (Å²) in [5.41, 5.74) is 0.855. The Hall–Kier alpha value is -0.970. The first kappa shape index (κ1) is 10.1. The molecule has 5 heteroatoms. The SMILES string of the molecule is OCCCc1cn(CCCF)nn1. The number of alkyl halides is 1. The molecule has 0 atom stereocenters. The lowest BCUT2D eigenvalue weighted by Crippen LogP contribution is -1.99. The molecule has 0 spiro atoms. The summed E-state index contributed by atoms with van der Waals surface area (Å²) < 4.78 is 13.4. The van der Waals surface area contributed by atoms with Crippen molar-refractivity contribution in [1.82, 2.24) is 15.0 Å². The van der Waals surface area contributed by atoms with E-state index in [1.54, 1.807) is 10.9 Å². The van der Waals surface area contributed by atoms with Gasteiger partial charge >= 0.3 is 0 Å². The lowest BCUT2D eigenvalue weighted by Gasteiger charge is -1.94. The molecule has 0 aliphatic rings. The molecule has 0 radical (unpaired) electrons. The first-order chi connectivity index (χ1) is 6.36. The fraction of sp³-hybridized carbons (Fsp3) is 0.750. The molecule has 0 fully saturated rings. The van der Waals surface area contributed by atoms with Crippen LogP contribution in [0.2, 0.25) is 0 Å². The fourth-order valence-corrected chi connectivity index (χ4v) is 1.04. The Bertz CT molecular complexity index is 217. The number of aryl methyl sites for hydroxylation is 2. The summed E-state index contributed by atoms with van der Waals surface area (Å²) in [5.74, 6) is 0. The van der Waals surface area contributed by atoms with E-state index in [1.165, 1.54) is 0 Å². The van der Waals surface area contributed by atoms with Gasteiger partial charge in [0, 0.05) is 19.3 Å². The Morgan fingerprint density at radius 1 is 1.46 bits per heavy atom. The molecule has 0 aliphatic heterocycles. The highest BCUT2D eigenvalue weighted by Crippen LogP contribution is 1.98. The largest absolute Gasteiger partial charge is 0.396 e. The van der Waals surface area contributed by atoms with Gasteiger partial charge in [-0.2, -0.15) is 0 Å². The van der Waals surface area contributed by atoms with Gasteiger partial charge in [-0.05, 0) is 19.3 Å². The molecule has 0 unspecified atom stereocenters. The quantitative estimate of drug-likeness (QED) is 0.708. The average molecular weight is 187 g/mol. The molecule has 1 aromatic heterocycles. The number of aliphatic hydroxyl groups is 1. The monoisotopic (exact) mass is 187 g/mol. The summed E-state index contributed by atoms with van der Waals surface area (Å²) in [6.07, 6.45) is 3.70. The van der Waals surface area contributed by atoms with Crippen LogP contribution in [0, 0.1) is 0 Å². The van der Waals surface area contributed by atoms with Crippen molar-refractivity contribution in [3.63, 3.8) is 0 Å². The van der Waals surface area contributed by atoms with Gasteiger partial charge in [0.15, 0.2) is 0 Å². The van der Waals surface area contributed by atoms with E-state index in [0.29, 0.717) is 19.4 Å². The van der Waals surface area contributed by atoms with Crippen molar-refractivity contribution in [3.05, 3.63) is 11.9 Å². The van der Waals surface area contributed by atoms with E-state index in [2.05, 4.69) is 10.3 Å². The molecule has 0 saturated heterocycles. The lowest BCUT2D eigenvalue weighted by atomic mass is 10.3. The molecule has 0 bridgehead atoms. The minimum absolute atomic E-state index is 0.164. The summed E-state index contributed by atoms with van der Waals surface area (Å²) in [5, 5.41) is 16.3. The first-order valence-electron chi connectivity index (χ1n) is 4.42. The molecule has 13 heavy (non-hydrogen) atoms. The van der Waals surface area contributed by atoms with Crippen molar-refractivity contribution in [2.24, 2.45) is 0 Å². The normalized spacial score (nSPS) is 10.6. The molecular formula is C8H14FN3O. The van der Waals surface area contributed by atoms with Crippen LogP contribution in [0.25, 0.3) is 0 Å². The predicted molar refractivity (Wildman–Crippen MR) is 46.0 cm³/mol. The van der Waals surface area contributed by atoms with E-state index in [-0.39, 0.29) is 13.3 Å². The van der Waals surface area contributed by atoms with Gasteiger partial charge in [-0.15, -0.1) is 5.10 Å². The Morgan fingerprint density at radius 2 is 2.31 bits per heavy atom. The van der Waals surface area contributed by atoms with Crippen LogP contribution in [0.4, 0.5) is 4.39 Å². The molecule has 0 saturated carbocycles. The van der Waals surface area contributed by atoms with Crippen molar-refractivity contribution in [3.8, 4) is 0 Å². The minimum atomic E-state index is -0.328. The average Bonchev–Trinajstić information content (AvgIpc) is 2.59. The number of hydrogen-bond donors (Lipinski definition) is 1. The number of halogens is 1. The topological polar surface area (TPSA) is 50.9 Å². The number of nitrogens with zero attached hydrogens (tertiary/aromatic N) is 3. The van der Waals surface area contributed by atoms with E-state index in [4.69, 9.17) is 5.11 Å². The van der Waals surface area contributed by atoms with Crippen LogP contribution < -0.4 is 0 Å². The van der Waals surface area contributed by atoms with Crippen LogP contribution in [-0.2, 0) is 13.0 Å². The summed E-state index contributed by atoms with van der Waals surface area (Å²) in [7, 11) is 0. The highest BCUT2D eigenvalue weighted by Gasteiger charge is 1.99. The highest BCUT2D eigenvalue weighted by atomic mass is 19.1. The van der Waals surface area contributed by atoms with Crippen LogP contribution in [0.15, 0.2) is 6.20 Å². The summed E-state index contributed by atoms with van der Waals surface area (Å²) in [4.78, 5) is 0. The number of hydrogen-bond acceptors (Lipinski definition) is 3. The molecule has 74 valence electrons. The van der Waals surface area contributed by atoms with Gasteiger partial charge in [-0.25, -0.2) is 0 Å². The van der Waals surface area contributed by atoms with Gasteiger partial charge in [-0.3, -0.25) is 9.07 Å². The van der Waals surface area contributed by atoms with Gasteiger partial charge in [0.25, 0.3) is 0 Å². The van der Waals surface area contributed by atoms with Gasteiger partial charge in [0.2, 0.25) is 0 Å². The molecule has 1 heterocycles. The lowest BCUT2D eigenvalue weighted by molar-refractivity contribution is 0.288. The second-order valence-electron chi connectivity index (χ2n) is 2.84. The molecule has 1 N–H and O–H groups in total. The van der Waals surface area contributed by atoms with E-state index in [1.807, 2.05) is 0 Å². The Labute approximate surface area is 76.4 Å². The van der Waals surface area contributed by atoms with Crippen LogP contribution in [-0.4, -0.2) is 33.4 Å². The molecule has 0 aromatic carbocycles. The molecule has 4 nitrogen and oxygen atoms in total. The van der Waals surface area contributed by atoms with Crippen molar-refractivity contribution >= 4 is 0 Å². The van der Waals surface area contributed by atoms with Crippen molar-refractivity contribution in [2.75, 3.05) is 13.3 Å². The Kier molecular flexibility index (Phi) is 4.39. The van der Waals surface area contributed by atoms with Gasteiger partial charge in [-0.1, -0.05) is 5.21 Å². The molecule has 1 aromatic rings. The molecule has 1 rings (SSSR count). The predicted octanol–water partition coefficient (Wildman–Crippen LogP) is 0.563. The Balaban J connectivity index is 2.34. The Morgan fingerprint density at radius 3 is 3.00 bits per heavy atom. The van der Waals surface area contributed by atoms with E-state index < -0.39 is 0 Å². The van der Waals surface area contributed by atoms with Crippen LogP contribution in [0.1, 0.15) is 18.5 Å². The fourth-order valence-electron chi connectivity index (χ4n) is 1.04. The number of rotatable bonds is 6. The molecular weight excluding hydrogens is 173 g/mol. The minimum Gasteiger partial charge on any atom is -0.396 e. The van der Waals surface area contributed by atoms with Gasteiger partial charge in [0.05, 0.1) is 12.4 Å². The highest BCUT2D eigenvalue weighted by molar-refractivity contribution is 4.91. The standard InChI is InChI=1S/C8H14FN3O/c9-4-2-5-12-7-8(10-11-12)3-1-6-13/h7,13H,1-6H2. The van der Waals surface area contributed by atoms with E-state index >= 15 is 0 Å². The van der Waals surface area contributed by atoms with Crippen molar-refractivity contribution in [1.29, 1.82) is 0 Å². The van der Waals surface area contributed by atoms with Gasteiger partial charge < -0.3 is 5.11 Å². The summed E-state index contributed by atoms with van der Waals surface area (Å²) in [6, 6.07) is 0. The van der Waals surface area contributed by atoms with E-state index in [0.717, 1.165) is 12.1 Å². The second-order valence-corrected chi connectivity index (χ2v) is 2.84. The maximum absolute atomic E-state index is 11.8. The summed E-state index contributed by atoms with van der Waals surface area (Å²) >= 11 is 0. The zero-order chi connectivity index (χ0) is 9.52. The summed E-state index contributed by atoms with van der Waals surface area (Å²) in [6.45, 7) is 0.409. The first-order valence-corrected chi connectivity index (χ1v) is 4.42. The maximum atomic E-state index is 11.8. The molecule has 0 amide bonds. The van der Waals surface area contributed by atoms with Crippen molar-refractivity contribution < 1.29 is 9.50 Å². The third-order valence-corrected chi connectivity index (χ3v) is 1.70. The zero-order valence-corrected chi connectivity index (χ0v) is 7.49. The van der Waals surface area contributed by atoms with Crippen molar-refractivity contribution in [2.45, 2.75) is 25.8 Å². The third kappa shape index (κ3) is 3.50. The second kappa shape index (κ2) is 5.64. The third-order valence-electron chi connectivity index (χ3n) is 1.70. The van der Waals surface area contributed by atoms with Crippen LogP contribution in [0.5, 0.6) is 0 Å². The van der Waals surface area contributed by atoms with Gasteiger partial charge in [0.1, 0.15) is 0 Å². The maximum Gasteiger partial charge on any atom is 0.0912 e. The zero-order valence-electron chi connectivity index (χ0n) is 7.49. The number of aliphatic hydroxyl groups excluding tert-OH is 1. The number of aromatic nitrogens is 3. The van der Waals surface area contributed by atoms with Crippen LogP contribution in [0.3, 0.4) is 0 Å².